The fourth-order valence-electron chi connectivity index (χ4n) is 3.41. The third kappa shape index (κ3) is 8.90. The summed E-state index contributed by atoms with van der Waals surface area (Å²) in [4.78, 5) is 48.1. The van der Waals surface area contributed by atoms with Gasteiger partial charge >= 0.3 is 17.9 Å². The molecule has 1 aromatic carbocycles. The highest BCUT2D eigenvalue weighted by atomic mass is 16.5. The minimum Gasteiger partial charge on any atom is -0.464 e. The number of hydrogen-bond donors (Lipinski definition) is 0. The van der Waals surface area contributed by atoms with Crippen LogP contribution >= 0.6 is 0 Å². The van der Waals surface area contributed by atoms with E-state index in [9.17, 15) is 19.2 Å². The van der Waals surface area contributed by atoms with Crippen molar-refractivity contribution in [2.75, 3.05) is 19.8 Å². The van der Waals surface area contributed by atoms with E-state index in [1.807, 2.05) is 6.07 Å². The smallest absolute Gasteiger partial charge is 0.333 e. The molecule has 2 rings (SSSR count). The van der Waals surface area contributed by atoms with Gasteiger partial charge in [0.25, 0.3) is 0 Å². The molecule has 1 aromatic heterocycles. The molecule has 0 N–H and O–H groups in total. The third-order valence-corrected chi connectivity index (χ3v) is 5.40. The Kier molecular flexibility index (Phi) is 11.1. The zero-order valence-electron chi connectivity index (χ0n) is 21.8. The van der Waals surface area contributed by atoms with Crippen LogP contribution in [0.4, 0.5) is 0 Å². The molecule has 37 heavy (non-hydrogen) atoms. The first-order valence-corrected chi connectivity index (χ1v) is 12.0. The van der Waals surface area contributed by atoms with Crippen molar-refractivity contribution in [3.8, 4) is 0 Å². The van der Waals surface area contributed by atoms with Gasteiger partial charge in [0.15, 0.2) is 5.43 Å². The standard InChI is InChI=1S/C29H34O8/c1-18(2)27(31)34-12-7-9-21-15-22(10-8-13-35-28(32)19(3)4)26-24(16-21)25(30)23(17-37-26)11-14-36-29(33)20(5)6/h15-17H,1,3,5,7-14H2,2,4,6H3. The molecule has 0 fully saturated rings. The first-order valence-electron chi connectivity index (χ1n) is 12.0. The van der Waals surface area contributed by atoms with Gasteiger partial charge in [-0.05, 0) is 63.6 Å². The summed E-state index contributed by atoms with van der Waals surface area (Å²) in [6.45, 7) is 15.8. The van der Waals surface area contributed by atoms with Crippen LogP contribution in [0.15, 0.2) is 64.1 Å². The quantitative estimate of drug-likeness (QED) is 0.158. The van der Waals surface area contributed by atoms with Crippen LogP contribution in [0.2, 0.25) is 0 Å². The van der Waals surface area contributed by atoms with Crippen LogP contribution < -0.4 is 5.43 Å². The Morgan fingerprint density at radius 1 is 0.730 bits per heavy atom. The second kappa shape index (κ2) is 14.0. The summed E-state index contributed by atoms with van der Waals surface area (Å²) >= 11 is 0. The molecule has 0 bridgehead atoms. The first kappa shape index (κ1) is 29.3. The van der Waals surface area contributed by atoms with Crippen LogP contribution in [0.25, 0.3) is 11.0 Å². The molecule has 0 aliphatic carbocycles. The predicted molar refractivity (Wildman–Crippen MR) is 140 cm³/mol. The number of hydrogen-bond acceptors (Lipinski definition) is 8. The second-order valence-electron chi connectivity index (χ2n) is 8.93. The maximum atomic E-state index is 13.3. The average molecular weight is 511 g/mol. The lowest BCUT2D eigenvalue weighted by atomic mass is 9.98. The Balaban J connectivity index is 2.24. The van der Waals surface area contributed by atoms with Crippen molar-refractivity contribution in [1.29, 1.82) is 0 Å². The summed E-state index contributed by atoms with van der Waals surface area (Å²) in [6.07, 6.45) is 3.75. The van der Waals surface area contributed by atoms with Crippen LogP contribution in [0, 0.1) is 0 Å². The minimum atomic E-state index is -0.519. The van der Waals surface area contributed by atoms with Crippen molar-refractivity contribution in [2.24, 2.45) is 0 Å². The summed E-state index contributed by atoms with van der Waals surface area (Å²) in [6, 6.07) is 3.72. The van der Waals surface area contributed by atoms with Crippen LogP contribution in [-0.4, -0.2) is 37.7 Å². The summed E-state index contributed by atoms with van der Waals surface area (Å²) in [5.74, 6) is -1.41. The number of esters is 3. The molecule has 0 unspecified atom stereocenters. The Hall–Kier alpha value is -3.94. The van der Waals surface area contributed by atoms with Gasteiger partial charge in [-0.1, -0.05) is 25.8 Å². The molecule has 0 spiro atoms. The highest BCUT2D eigenvalue weighted by Crippen LogP contribution is 2.22. The normalized spacial score (nSPS) is 10.6. The zero-order valence-corrected chi connectivity index (χ0v) is 21.8. The second-order valence-corrected chi connectivity index (χ2v) is 8.93. The van der Waals surface area contributed by atoms with Crippen molar-refractivity contribution in [3.05, 3.63) is 81.8 Å². The van der Waals surface area contributed by atoms with Crippen molar-refractivity contribution < 1.29 is 33.0 Å². The molecule has 0 saturated heterocycles. The van der Waals surface area contributed by atoms with Gasteiger partial charge in [0.1, 0.15) is 5.58 Å². The molecule has 0 aliphatic heterocycles. The number of carbonyl (C=O) groups excluding carboxylic acids is 3. The van der Waals surface area contributed by atoms with Gasteiger partial charge < -0.3 is 18.6 Å². The lowest BCUT2D eigenvalue weighted by Crippen LogP contribution is -2.15. The van der Waals surface area contributed by atoms with E-state index in [0.717, 1.165) is 11.1 Å². The summed E-state index contributed by atoms with van der Waals surface area (Å²) in [5, 5.41) is 0.411. The van der Waals surface area contributed by atoms with E-state index < -0.39 is 17.9 Å². The fraction of sp³-hybridized carbons (Fsp3) is 0.379. The molecule has 0 saturated carbocycles. The minimum absolute atomic E-state index is 0.0245. The number of benzene rings is 1. The monoisotopic (exact) mass is 510 g/mol. The number of rotatable bonds is 14. The Labute approximate surface area is 216 Å². The maximum Gasteiger partial charge on any atom is 0.333 e. The summed E-state index contributed by atoms with van der Waals surface area (Å²) < 4.78 is 21.3. The Morgan fingerprint density at radius 3 is 1.78 bits per heavy atom. The number of fused-ring (bicyclic) bond motifs is 1. The van der Waals surface area contributed by atoms with Crippen LogP contribution in [0.5, 0.6) is 0 Å². The van der Waals surface area contributed by atoms with Crippen LogP contribution in [0.3, 0.4) is 0 Å². The number of aryl methyl sites for hydroxylation is 2. The van der Waals surface area contributed by atoms with E-state index in [2.05, 4.69) is 19.7 Å². The molecule has 8 nitrogen and oxygen atoms in total. The van der Waals surface area contributed by atoms with E-state index in [0.29, 0.717) is 53.4 Å². The van der Waals surface area contributed by atoms with Gasteiger partial charge in [0.05, 0.1) is 31.5 Å². The lowest BCUT2D eigenvalue weighted by Gasteiger charge is -2.11. The van der Waals surface area contributed by atoms with Crippen molar-refractivity contribution in [2.45, 2.75) is 52.9 Å². The van der Waals surface area contributed by atoms with Crippen LogP contribution in [-0.2, 0) is 47.9 Å². The molecule has 0 atom stereocenters. The van der Waals surface area contributed by atoms with E-state index in [1.165, 1.54) is 6.26 Å². The third-order valence-electron chi connectivity index (χ3n) is 5.40. The summed E-state index contributed by atoms with van der Waals surface area (Å²) in [7, 11) is 0. The largest absolute Gasteiger partial charge is 0.464 e. The highest BCUT2D eigenvalue weighted by Gasteiger charge is 2.14. The number of carbonyl (C=O) groups is 3. The molecular formula is C29H34O8. The molecule has 2 aromatic rings. The zero-order chi connectivity index (χ0) is 27.5. The average Bonchev–Trinajstić information content (AvgIpc) is 2.85. The Morgan fingerprint density at radius 2 is 1.24 bits per heavy atom. The first-order chi connectivity index (χ1) is 17.5. The van der Waals surface area contributed by atoms with E-state index >= 15 is 0 Å². The lowest BCUT2D eigenvalue weighted by molar-refractivity contribution is -0.139. The highest BCUT2D eigenvalue weighted by molar-refractivity contribution is 5.87. The molecule has 198 valence electrons. The molecule has 0 aliphatic rings. The van der Waals surface area contributed by atoms with Crippen LogP contribution in [0.1, 0.15) is 50.3 Å². The molecular weight excluding hydrogens is 476 g/mol. The van der Waals surface area contributed by atoms with Gasteiger partial charge in [0.2, 0.25) is 0 Å². The van der Waals surface area contributed by atoms with Gasteiger partial charge in [-0.3, -0.25) is 4.79 Å². The van der Waals surface area contributed by atoms with Gasteiger partial charge in [-0.2, -0.15) is 0 Å². The van der Waals surface area contributed by atoms with Crippen molar-refractivity contribution in [1.82, 2.24) is 0 Å². The molecule has 0 amide bonds. The topological polar surface area (TPSA) is 109 Å². The van der Waals surface area contributed by atoms with E-state index in [4.69, 9.17) is 18.6 Å². The van der Waals surface area contributed by atoms with E-state index in [-0.39, 0.29) is 37.2 Å². The SMILES string of the molecule is C=C(C)C(=O)OCCCc1cc(CCCOC(=O)C(=C)C)c2occ(CCOC(=O)C(=C)C)c(=O)c2c1. The van der Waals surface area contributed by atoms with Gasteiger partial charge in [-0.15, -0.1) is 0 Å². The van der Waals surface area contributed by atoms with Gasteiger partial charge in [0, 0.05) is 28.7 Å². The van der Waals surface area contributed by atoms with Gasteiger partial charge in [-0.25, -0.2) is 14.4 Å². The van der Waals surface area contributed by atoms with Crippen molar-refractivity contribution >= 4 is 28.9 Å². The molecule has 0 radical (unpaired) electrons. The molecule has 8 heteroatoms. The maximum absolute atomic E-state index is 13.3. The van der Waals surface area contributed by atoms with E-state index in [1.54, 1.807) is 26.8 Å². The van der Waals surface area contributed by atoms with Crippen molar-refractivity contribution in [3.63, 3.8) is 0 Å². The molecule has 1 heterocycles. The number of ether oxygens (including phenoxy) is 3. The predicted octanol–water partition coefficient (Wildman–Crippen LogP) is 4.56. The Bertz CT molecular complexity index is 1260. The fourth-order valence-corrected chi connectivity index (χ4v) is 3.41. The summed E-state index contributed by atoms with van der Waals surface area (Å²) in [5.41, 5.74) is 3.25.